The molecule has 0 bridgehead atoms. The molecule has 1 spiro atoms. The lowest BCUT2D eigenvalue weighted by molar-refractivity contribution is -0.0141. The molecule has 2 atom stereocenters. The summed E-state index contributed by atoms with van der Waals surface area (Å²) < 4.78 is 6.24. The fourth-order valence-corrected chi connectivity index (χ4v) is 2.68. The number of allylic oxidation sites excluding steroid dienone is 2. The van der Waals surface area contributed by atoms with Gasteiger partial charge < -0.3 is 4.74 Å². The molecule has 0 aromatic heterocycles. The van der Waals surface area contributed by atoms with Crippen LogP contribution in [-0.4, -0.2) is 11.7 Å². The van der Waals surface area contributed by atoms with E-state index in [0.717, 1.165) is 25.7 Å². The largest absolute Gasteiger partial charge is 0.363 e. The molecule has 2 rings (SSSR count). The maximum atomic E-state index is 6.24. The summed E-state index contributed by atoms with van der Waals surface area (Å²) in [5.41, 5.74) is 4.07. The van der Waals surface area contributed by atoms with Crippen LogP contribution in [0.5, 0.6) is 0 Å². The van der Waals surface area contributed by atoms with Crippen LogP contribution in [0.25, 0.3) is 0 Å². The number of rotatable bonds is 1. The predicted molar refractivity (Wildman–Crippen MR) is 68.4 cm³/mol. The van der Waals surface area contributed by atoms with E-state index >= 15 is 0 Å². The first kappa shape index (κ1) is 11.7. The summed E-state index contributed by atoms with van der Waals surface area (Å²) in [5, 5.41) is 0. The number of hydrogen-bond donors (Lipinski definition) is 0. The Bertz CT molecular complexity index is 358. The van der Waals surface area contributed by atoms with Crippen molar-refractivity contribution in [2.75, 3.05) is 0 Å². The molecule has 1 heterocycles. The third-order valence-electron chi connectivity index (χ3n) is 3.69. The van der Waals surface area contributed by atoms with Gasteiger partial charge in [0.1, 0.15) is 0 Å². The van der Waals surface area contributed by atoms with E-state index in [0.29, 0.717) is 0 Å². The van der Waals surface area contributed by atoms with Crippen LogP contribution in [0.15, 0.2) is 35.5 Å². The highest BCUT2D eigenvalue weighted by atomic mass is 16.5. The van der Waals surface area contributed by atoms with Crippen LogP contribution in [0.4, 0.5) is 0 Å². The number of hydrogen-bond acceptors (Lipinski definition) is 1. The zero-order valence-electron chi connectivity index (χ0n) is 10.7. The first-order valence-electron chi connectivity index (χ1n) is 6.18. The Kier molecular flexibility index (Phi) is 3.07. The molecule has 0 N–H and O–H groups in total. The lowest BCUT2D eigenvalue weighted by Crippen LogP contribution is -2.32. The molecule has 1 saturated heterocycles. The molecule has 0 unspecified atom stereocenters. The van der Waals surface area contributed by atoms with Gasteiger partial charge in [-0.3, -0.25) is 0 Å². The quantitative estimate of drug-likeness (QED) is 0.600. The fraction of sp³-hybridized carbons (Fsp3) is 0.600. The number of ether oxygens (including phenoxy) is 1. The van der Waals surface area contributed by atoms with E-state index in [2.05, 4.69) is 39.5 Å². The van der Waals surface area contributed by atoms with Gasteiger partial charge >= 0.3 is 0 Å². The van der Waals surface area contributed by atoms with Crippen LogP contribution in [0.3, 0.4) is 0 Å². The van der Waals surface area contributed by atoms with Gasteiger partial charge in [0.15, 0.2) is 0 Å². The van der Waals surface area contributed by atoms with Gasteiger partial charge in [0.2, 0.25) is 0 Å². The van der Waals surface area contributed by atoms with E-state index in [4.69, 9.17) is 4.74 Å². The van der Waals surface area contributed by atoms with Crippen molar-refractivity contribution >= 4 is 0 Å². The van der Waals surface area contributed by atoms with E-state index in [1.165, 1.54) is 16.7 Å². The van der Waals surface area contributed by atoms with Gasteiger partial charge in [0.25, 0.3) is 0 Å². The maximum absolute atomic E-state index is 6.24. The molecular weight excluding hydrogens is 196 g/mol. The summed E-state index contributed by atoms with van der Waals surface area (Å²) in [6.45, 7) is 10.7. The molecule has 1 heteroatoms. The molecule has 1 nitrogen and oxygen atoms in total. The van der Waals surface area contributed by atoms with Gasteiger partial charge in [-0.2, -0.15) is 0 Å². The lowest BCUT2D eigenvalue weighted by atomic mass is 9.81. The minimum atomic E-state index is -0.0455. The second-order valence-corrected chi connectivity index (χ2v) is 5.46. The van der Waals surface area contributed by atoms with Crippen molar-refractivity contribution in [1.29, 1.82) is 0 Å². The van der Waals surface area contributed by atoms with Gasteiger partial charge in [-0.1, -0.05) is 29.9 Å². The average molecular weight is 218 g/mol. The minimum Gasteiger partial charge on any atom is -0.363 e. The molecule has 0 saturated carbocycles. The van der Waals surface area contributed by atoms with E-state index in [1.807, 2.05) is 0 Å². The molecule has 16 heavy (non-hydrogen) atoms. The second-order valence-electron chi connectivity index (χ2n) is 5.46. The molecule has 1 aliphatic heterocycles. The summed E-state index contributed by atoms with van der Waals surface area (Å²) in [4.78, 5) is 0. The Labute approximate surface area is 98.9 Å². The first-order chi connectivity index (χ1) is 7.52. The smallest absolute Gasteiger partial charge is 0.0935 e. The van der Waals surface area contributed by atoms with Gasteiger partial charge in [0, 0.05) is 6.42 Å². The third-order valence-corrected chi connectivity index (χ3v) is 3.69. The van der Waals surface area contributed by atoms with Crippen molar-refractivity contribution < 1.29 is 4.74 Å². The van der Waals surface area contributed by atoms with Crippen molar-refractivity contribution in [1.82, 2.24) is 0 Å². The van der Waals surface area contributed by atoms with Crippen LogP contribution in [0.1, 0.15) is 46.5 Å². The van der Waals surface area contributed by atoms with Crippen LogP contribution in [-0.2, 0) is 4.74 Å². The van der Waals surface area contributed by atoms with E-state index in [9.17, 15) is 0 Å². The molecule has 0 aromatic rings. The van der Waals surface area contributed by atoms with Gasteiger partial charge in [-0.25, -0.2) is 0 Å². The molecule has 0 aromatic carbocycles. The van der Waals surface area contributed by atoms with Crippen molar-refractivity contribution in [2.24, 2.45) is 0 Å². The van der Waals surface area contributed by atoms with Crippen LogP contribution >= 0.6 is 0 Å². The Morgan fingerprint density at radius 3 is 2.88 bits per heavy atom. The molecule has 2 aliphatic rings. The van der Waals surface area contributed by atoms with Crippen molar-refractivity contribution in [3.63, 3.8) is 0 Å². The fourth-order valence-electron chi connectivity index (χ4n) is 2.68. The average Bonchev–Trinajstić information content (AvgIpc) is 2.48. The molecule has 88 valence electrons. The Morgan fingerprint density at radius 2 is 2.31 bits per heavy atom. The zero-order chi connectivity index (χ0) is 11.8. The van der Waals surface area contributed by atoms with Crippen molar-refractivity contribution in [3.8, 4) is 0 Å². The maximum Gasteiger partial charge on any atom is 0.0935 e. The standard InChI is InChI=1S/C15H22O/c1-11(2)9-14-10-13(4)15(16-14)7-5-12(3)6-8-15/h5,9,14H,4,6-8,10H2,1-3H3/t14-,15+/m1/s1. The highest BCUT2D eigenvalue weighted by molar-refractivity contribution is 5.27. The highest BCUT2D eigenvalue weighted by Gasteiger charge is 2.42. The third kappa shape index (κ3) is 2.15. The summed E-state index contributed by atoms with van der Waals surface area (Å²) >= 11 is 0. The summed E-state index contributed by atoms with van der Waals surface area (Å²) in [5.74, 6) is 0. The zero-order valence-corrected chi connectivity index (χ0v) is 10.7. The lowest BCUT2D eigenvalue weighted by Gasteiger charge is -2.33. The molecule has 1 aliphatic carbocycles. The Balaban J connectivity index is 2.13. The minimum absolute atomic E-state index is 0.0455. The summed E-state index contributed by atoms with van der Waals surface area (Å²) in [7, 11) is 0. The normalized spacial score (nSPS) is 34.1. The van der Waals surface area contributed by atoms with Crippen molar-refractivity contribution in [3.05, 3.63) is 35.5 Å². The molecule has 1 fully saturated rings. The molecular formula is C15H22O. The molecule has 0 radical (unpaired) electrons. The van der Waals surface area contributed by atoms with Gasteiger partial charge in [-0.05, 0) is 45.6 Å². The van der Waals surface area contributed by atoms with Crippen molar-refractivity contribution in [2.45, 2.75) is 58.2 Å². The van der Waals surface area contributed by atoms with E-state index in [-0.39, 0.29) is 11.7 Å². The summed E-state index contributed by atoms with van der Waals surface area (Å²) in [6.07, 6.45) is 9.08. The van der Waals surface area contributed by atoms with Crippen LogP contribution in [0.2, 0.25) is 0 Å². The Morgan fingerprint density at radius 1 is 1.56 bits per heavy atom. The van der Waals surface area contributed by atoms with Crippen LogP contribution < -0.4 is 0 Å². The van der Waals surface area contributed by atoms with Gasteiger partial charge in [0.05, 0.1) is 11.7 Å². The summed E-state index contributed by atoms with van der Waals surface area (Å²) in [6, 6.07) is 0. The van der Waals surface area contributed by atoms with E-state index < -0.39 is 0 Å². The SMILES string of the molecule is C=C1C[C@@H](C=C(C)C)O[C@]12CC=C(C)CC2. The monoisotopic (exact) mass is 218 g/mol. The molecule has 0 amide bonds. The topological polar surface area (TPSA) is 9.23 Å². The second kappa shape index (κ2) is 4.21. The van der Waals surface area contributed by atoms with Gasteiger partial charge in [-0.15, -0.1) is 0 Å². The predicted octanol–water partition coefficient (Wildman–Crippen LogP) is 4.17. The van der Waals surface area contributed by atoms with Crippen LogP contribution in [0, 0.1) is 0 Å². The van der Waals surface area contributed by atoms with E-state index in [1.54, 1.807) is 0 Å². The first-order valence-corrected chi connectivity index (χ1v) is 6.18. The Hall–Kier alpha value is -0.820. The highest BCUT2D eigenvalue weighted by Crippen LogP contribution is 2.44.